The Bertz CT molecular complexity index is 1370. The monoisotopic (exact) mass is 470 g/mol. The summed E-state index contributed by atoms with van der Waals surface area (Å²) in [5.41, 5.74) is 3.35. The molecule has 0 fully saturated rings. The fourth-order valence-corrected chi connectivity index (χ4v) is 5.25. The number of thiophene rings is 1. The highest BCUT2D eigenvalue weighted by molar-refractivity contribution is 7.99. The summed E-state index contributed by atoms with van der Waals surface area (Å²) in [5.74, 6) is 0.0451. The van der Waals surface area contributed by atoms with Gasteiger partial charge in [-0.1, -0.05) is 23.9 Å². The van der Waals surface area contributed by atoms with Crippen LogP contribution in [0.4, 0.5) is 0 Å². The minimum atomic E-state index is -0.441. The highest BCUT2D eigenvalue weighted by Crippen LogP contribution is 2.34. The molecular formula is C21H22N6O3S2. The molecule has 0 aliphatic rings. The minimum absolute atomic E-state index is 0.240. The van der Waals surface area contributed by atoms with E-state index in [9.17, 15) is 9.59 Å². The van der Waals surface area contributed by atoms with Crippen LogP contribution in [0, 0.1) is 20.8 Å². The van der Waals surface area contributed by atoms with E-state index in [4.69, 9.17) is 4.74 Å². The van der Waals surface area contributed by atoms with E-state index in [1.165, 1.54) is 23.1 Å². The number of aromatic nitrogens is 6. The Labute approximate surface area is 192 Å². The number of esters is 1. The number of rotatable bonds is 6. The lowest BCUT2D eigenvalue weighted by molar-refractivity contribution is 0.0531. The van der Waals surface area contributed by atoms with Gasteiger partial charge in [0.25, 0.3) is 5.56 Å². The predicted molar refractivity (Wildman–Crippen MR) is 124 cm³/mol. The molecule has 3 heterocycles. The van der Waals surface area contributed by atoms with Crippen molar-refractivity contribution < 1.29 is 9.53 Å². The van der Waals surface area contributed by atoms with Crippen LogP contribution in [0.3, 0.4) is 0 Å². The Balaban J connectivity index is 1.68. The summed E-state index contributed by atoms with van der Waals surface area (Å²) in [7, 11) is 0. The molecule has 1 N–H and O–H groups in total. The van der Waals surface area contributed by atoms with Crippen molar-refractivity contribution in [3.63, 3.8) is 0 Å². The first-order valence-corrected chi connectivity index (χ1v) is 11.7. The number of nitrogens with one attached hydrogen (secondary N) is 1. The van der Waals surface area contributed by atoms with Crippen molar-refractivity contribution in [2.45, 2.75) is 45.0 Å². The summed E-state index contributed by atoms with van der Waals surface area (Å²) in [6.45, 7) is 9.68. The zero-order valence-corrected chi connectivity index (χ0v) is 19.9. The molecule has 4 aromatic rings. The Kier molecular flexibility index (Phi) is 6.11. The summed E-state index contributed by atoms with van der Waals surface area (Å²) in [6, 6.07) is 6.09. The van der Waals surface area contributed by atoms with E-state index >= 15 is 0 Å². The third kappa shape index (κ3) is 4.05. The second-order valence-corrected chi connectivity index (χ2v) is 9.64. The first kappa shape index (κ1) is 22.2. The van der Waals surface area contributed by atoms with E-state index in [1.807, 2.05) is 39.0 Å². The smallest absolute Gasteiger partial charge is 0.348 e. The van der Waals surface area contributed by atoms with Gasteiger partial charge in [0, 0.05) is 0 Å². The van der Waals surface area contributed by atoms with Gasteiger partial charge >= 0.3 is 5.97 Å². The quantitative estimate of drug-likeness (QED) is 0.333. The number of aryl methyl sites for hydroxylation is 3. The fourth-order valence-electron chi connectivity index (χ4n) is 3.31. The maximum Gasteiger partial charge on any atom is 0.348 e. The fraction of sp³-hybridized carbons (Fsp3) is 0.333. The zero-order chi connectivity index (χ0) is 23.0. The first-order valence-electron chi connectivity index (χ1n) is 10.0. The second-order valence-electron chi connectivity index (χ2n) is 7.33. The Morgan fingerprint density at radius 3 is 2.84 bits per heavy atom. The predicted octanol–water partition coefficient (Wildman–Crippen LogP) is 3.92. The lowest BCUT2D eigenvalue weighted by Crippen LogP contribution is -2.13. The first-order chi connectivity index (χ1) is 15.3. The molecule has 0 saturated heterocycles. The van der Waals surface area contributed by atoms with Crippen molar-refractivity contribution in [3.05, 3.63) is 55.9 Å². The molecule has 1 unspecified atom stereocenters. The lowest BCUT2D eigenvalue weighted by atomic mass is 10.1. The van der Waals surface area contributed by atoms with Gasteiger partial charge in [-0.05, 0) is 67.8 Å². The Morgan fingerprint density at radius 1 is 1.31 bits per heavy atom. The summed E-state index contributed by atoms with van der Waals surface area (Å²) in [4.78, 5) is 33.4. The van der Waals surface area contributed by atoms with Gasteiger partial charge in [-0.15, -0.1) is 16.4 Å². The van der Waals surface area contributed by atoms with Crippen LogP contribution in [0.15, 0.2) is 28.2 Å². The third-order valence-corrected chi connectivity index (χ3v) is 7.19. The molecule has 1 atom stereocenters. The van der Waals surface area contributed by atoms with Crippen LogP contribution in [0.2, 0.25) is 0 Å². The standard InChI is InChI=1S/C21H22N6O3S2/c1-6-30-20(29)16-12(4)15-18(28)22-17(23-19(15)32-16)13(5)31-21-24-25-26-27(21)14-9-10(2)7-8-11(14)3/h7-9,13H,6H2,1-5H3,(H,22,23,28). The number of tetrazole rings is 1. The van der Waals surface area contributed by atoms with Crippen molar-refractivity contribution >= 4 is 39.3 Å². The molecule has 32 heavy (non-hydrogen) atoms. The Hall–Kier alpha value is -3.05. The molecule has 0 bridgehead atoms. The molecule has 166 valence electrons. The van der Waals surface area contributed by atoms with Gasteiger partial charge in [-0.3, -0.25) is 4.79 Å². The molecule has 0 spiro atoms. The number of nitrogens with zero attached hydrogens (tertiary/aromatic N) is 5. The van der Waals surface area contributed by atoms with Crippen LogP contribution >= 0.6 is 23.1 Å². The molecule has 0 saturated carbocycles. The van der Waals surface area contributed by atoms with E-state index in [2.05, 4.69) is 25.5 Å². The summed E-state index contributed by atoms with van der Waals surface area (Å²) >= 11 is 2.56. The van der Waals surface area contributed by atoms with Gasteiger partial charge in [-0.25, -0.2) is 9.78 Å². The van der Waals surface area contributed by atoms with Crippen LogP contribution in [0.25, 0.3) is 15.9 Å². The SMILES string of the molecule is CCOC(=O)c1sc2nc(C(C)Sc3nnnn3-c3cc(C)ccc3C)[nH]c(=O)c2c1C. The van der Waals surface area contributed by atoms with Gasteiger partial charge in [-0.2, -0.15) is 4.68 Å². The average molecular weight is 471 g/mol. The van der Waals surface area contributed by atoms with Crippen LogP contribution in [-0.4, -0.2) is 42.8 Å². The summed E-state index contributed by atoms with van der Waals surface area (Å²) < 4.78 is 6.79. The molecule has 1 aromatic carbocycles. The number of benzene rings is 1. The highest BCUT2D eigenvalue weighted by Gasteiger charge is 2.23. The molecule has 9 nitrogen and oxygen atoms in total. The molecule has 0 aliphatic heterocycles. The minimum Gasteiger partial charge on any atom is -0.462 e. The molecule has 4 rings (SSSR count). The number of hydrogen-bond acceptors (Lipinski definition) is 9. The van der Waals surface area contributed by atoms with Crippen molar-refractivity contribution in [1.82, 2.24) is 30.2 Å². The van der Waals surface area contributed by atoms with Gasteiger partial charge in [0.2, 0.25) is 5.16 Å². The Morgan fingerprint density at radius 2 is 2.09 bits per heavy atom. The maximum atomic E-state index is 12.8. The van der Waals surface area contributed by atoms with E-state index in [-0.39, 0.29) is 17.4 Å². The molecule has 11 heteroatoms. The van der Waals surface area contributed by atoms with Crippen molar-refractivity contribution in [3.8, 4) is 5.69 Å². The van der Waals surface area contributed by atoms with E-state index in [0.717, 1.165) is 16.8 Å². The maximum absolute atomic E-state index is 12.8. The number of thioether (sulfide) groups is 1. The van der Waals surface area contributed by atoms with Crippen LogP contribution in [-0.2, 0) is 4.74 Å². The topological polar surface area (TPSA) is 116 Å². The number of H-pyrrole nitrogens is 1. The third-order valence-electron chi connectivity index (χ3n) is 4.98. The van der Waals surface area contributed by atoms with Crippen LogP contribution in [0.1, 0.15) is 51.3 Å². The number of ether oxygens (including phenoxy) is 1. The molecule has 0 radical (unpaired) electrons. The average Bonchev–Trinajstić information content (AvgIpc) is 3.34. The largest absolute Gasteiger partial charge is 0.462 e. The van der Waals surface area contributed by atoms with Crippen molar-refractivity contribution in [2.75, 3.05) is 6.61 Å². The number of carbonyl (C=O) groups is 1. The van der Waals surface area contributed by atoms with Crippen molar-refractivity contribution in [1.29, 1.82) is 0 Å². The van der Waals surface area contributed by atoms with E-state index in [1.54, 1.807) is 18.5 Å². The van der Waals surface area contributed by atoms with E-state index in [0.29, 0.717) is 31.6 Å². The molecule has 0 amide bonds. The van der Waals surface area contributed by atoms with Crippen molar-refractivity contribution in [2.24, 2.45) is 0 Å². The van der Waals surface area contributed by atoms with E-state index < -0.39 is 5.97 Å². The number of aromatic amines is 1. The number of carbonyl (C=O) groups excluding carboxylic acids is 1. The van der Waals surface area contributed by atoms with Gasteiger partial charge in [0.1, 0.15) is 15.5 Å². The second kappa shape index (κ2) is 8.83. The zero-order valence-electron chi connectivity index (χ0n) is 18.3. The lowest BCUT2D eigenvalue weighted by Gasteiger charge is -2.12. The van der Waals surface area contributed by atoms with Gasteiger partial charge in [0.05, 0.1) is 22.9 Å². The molecule has 3 aromatic heterocycles. The number of fused-ring (bicyclic) bond motifs is 1. The highest BCUT2D eigenvalue weighted by atomic mass is 32.2. The van der Waals surface area contributed by atoms with Crippen LogP contribution in [0.5, 0.6) is 0 Å². The summed E-state index contributed by atoms with van der Waals surface area (Å²) in [5, 5.41) is 12.9. The summed E-state index contributed by atoms with van der Waals surface area (Å²) in [6.07, 6.45) is 0. The normalized spacial score (nSPS) is 12.3. The van der Waals surface area contributed by atoms with Gasteiger partial charge < -0.3 is 9.72 Å². The number of hydrogen-bond donors (Lipinski definition) is 1. The molecule has 0 aliphatic carbocycles. The molecular weight excluding hydrogens is 448 g/mol. The van der Waals surface area contributed by atoms with Crippen LogP contribution < -0.4 is 5.56 Å². The van der Waals surface area contributed by atoms with Gasteiger partial charge in [0.15, 0.2) is 0 Å².